The van der Waals surface area contributed by atoms with Crippen LogP contribution in [0.2, 0.25) is 0 Å². The molecule has 2 aromatic rings. The molecule has 1 aliphatic rings. The van der Waals surface area contributed by atoms with Gasteiger partial charge in [-0.2, -0.15) is 4.98 Å². The predicted molar refractivity (Wildman–Crippen MR) is 118 cm³/mol. The molecule has 29 heavy (non-hydrogen) atoms. The topological polar surface area (TPSA) is 68.3 Å². The Kier molecular flexibility index (Phi) is 7.73. The van der Waals surface area contributed by atoms with E-state index >= 15 is 0 Å². The highest BCUT2D eigenvalue weighted by atomic mass is 16.5. The number of benzene rings is 1. The van der Waals surface area contributed by atoms with Crippen molar-refractivity contribution in [3.05, 3.63) is 47.2 Å². The van der Waals surface area contributed by atoms with Crippen molar-refractivity contribution >= 4 is 11.8 Å². The normalized spacial score (nSPS) is 13.6. The zero-order chi connectivity index (χ0) is 20.5. The van der Waals surface area contributed by atoms with Gasteiger partial charge in [0.05, 0.1) is 14.2 Å². The van der Waals surface area contributed by atoms with Crippen LogP contribution in [-0.4, -0.2) is 37.3 Å². The van der Waals surface area contributed by atoms with E-state index in [4.69, 9.17) is 9.47 Å². The molecule has 2 N–H and O–H groups in total. The molecule has 0 saturated heterocycles. The van der Waals surface area contributed by atoms with Crippen LogP contribution in [0.4, 0.5) is 11.8 Å². The molecule has 6 nitrogen and oxygen atoms in total. The van der Waals surface area contributed by atoms with E-state index < -0.39 is 0 Å². The molecule has 0 saturated carbocycles. The molecule has 0 amide bonds. The Morgan fingerprint density at radius 1 is 0.931 bits per heavy atom. The Bertz CT molecular complexity index is 836. The van der Waals surface area contributed by atoms with Gasteiger partial charge in [-0.3, -0.25) is 0 Å². The van der Waals surface area contributed by atoms with Crippen molar-refractivity contribution in [2.24, 2.45) is 0 Å². The van der Waals surface area contributed by atoms with Crippen molar-refractivity contribution < 1.29 is 9.47 Å². The second-order valence-electron chi connectivity index (χ2n) is 7.37. The Labute approximate surface area is 173 Å². The van der Waals surface area contributed by atoms with E-state index in [1.54, 1.807) is 19.8 Å². The second kappa shape index (κ2) is 10.7. The average Bonchev–Trinajstić information content (AvgIpc) is 2.74. The van der Waals surface area contributed by atoms with E-state index in [9.17, 15) is 0 Å². The van der Waals surface area contributed by atoms with E-state index in [0.29, 0.717) is 5.95 Å². The van der Waals surface area contributed by atoms with Crippen LogP contribution in [0.15, 0.2) is 35.9 Å². The first kappa shape index (κ1) is 21.0. The largest absolute Gasteiger partial charge is 0.493 e. The van der Waals surface area contributed by atoms with Gasteiger partial charge in [0.2, 0.25) is 5.95 Å². The number of allylic oxidation sites excluding steroid dienone is 1. The number of methoxy groups -OCH3 is 2. The van der Waals surface area contributed by atoms with E-state index in [0.717, 1.165) is 48.9 Å². The fraction of sp³-hybridized carbons (Fsp3) is 0.478. The van der Waals surface area contributed by atoms with Crippen molar-refractivity contribution in [2.45, 2.75) is 45.4 Å². The number of rotatable bonds is 10. The van der Waals surface area contributed by atoms with Crippen LogP contribution in [0.3, 0.4) is 0 Å². The van der Waals surface area contributed by atoms with Crippen LogP contribution >= 0.6 is 0 Å². The van der Waals surface area contributed by atoms with Crippen LogP contribution in [0.25, 0.3) is 0 Å². The molecule has 0 radical (unpaired) electrons. The molecular weight excluding hydrogens is 364 g/mol. The first-order chi connectivity index (χ1) is 14.2. The summed E-state index contributed by atoms with van der Waals surface area (Å²) in [7, 11) is 3.30. The number of nitrogens with zero attached hydrogens (tertiary/aromatic N) is 2. The SMILES string of the molecule is COc1ccc(CCNc2cc(C)nc(NCCC3=CCCCC3)n2)cc1OC. The maximum absolute atomic E-state index is 5.38. The Morgan fingerprint density at radius 3 is 2.52 bits per heavy atom. The molecule has 156 valence electrons. The summed E-state index contributed by atoms with van der Waals surface area (Å²) in [5, 5.41) is 6.78. The summed E-state index contributed by atoms with van der Waals surface area (Å²) < 4.78 is 10.7. The van der Waals surface area contributed by atoms with E-state index in [1.807, 2.05) is 25.1 Å². The van der Waals surface area contributed by atoms with Crippen LogP contribution in [0.5, 0.6) is 11.5 Å². The molecule has 3 rings (SSSR count). The Hall–Kier alpha value is -2.76. The van der Waals surface area contributed by atoms with Gasteiger partial charge in [0.1, 0.15) is 5.82 Å². The minimum absolute atomic E-state index is 0.690. The molecule has 1 aliphatic carbocycles. The molecule has 6 heteroatoms. The van der Waals surface area contributed by atoms with Crippen LogP contribution in [0, 0.1) is 6.92 Å². The van der Waals surface area contributed by atoms with Gasteiger partial charge in [0, 0.05) is 24.8 Å². The van der Waals surface area contributed by atoms with Gasteiger partial charge in [0.25, 0.3) is 0 Å². The van der Waals surface area contributed by atoms with E-state index in [1.165, 1.54) is 31.2 Å². The van der Waals surface area contributed by atoms with Gasteiger partial charge in [-0.25, -0.2) is 4.98 Å². The lowest BCUT2D eigenvalue weighted by Gasteiger charge is -2.14. The number of hydrogen-bond acceptors (Lipinski definition) is 6. The monoisotopic (exact) mass is 396 g/mol. The maximum atomic E-state index is 5.38. The number of hydrogen-bond donors (Lipinski definition) is 2. The molecule has 0 aliphatic heterocycles. The second-order valence-corrected chi connectivity index (χ2v) is 7.37. The summed E-state index contributed by atoms with van der Waals surface area (Å²) >= 11 is 0. The first-order valence-electron chi connectivity index (χ1n) is 10.4. The number of aryl methyl sites for hydroxylation is 1. The van der Waals surface area contributed by atoms with Gasteiger partial charge >= 0.3 is 0 Å². The Balaban J connectivity index is 1.51. The fourth-order valence-corrected chi connectivity index (χ4v) is 3.58. The average molecular weight is 397 g/mol. The zero-order valence-corrected chi connectivity index (χ0v) is 17.8. The molecule has 0 atom stereocenters. The highest BCUT2D eigenvalue weighted by Gasteiger charge is 2.07. The van der Waals surface area contributed by atoms with Gasteiger partial charge in [-0.15, -0.1) is 0 Å². The molecular formula is C23H32N4O2. The van der Waals surface area contributed by atoms with E-state index in [2.05, 4.69) is 32.7 Å². The smallest absolute Gasteiger partial charge is 0.224 e. The molecule has 1 heterocycles. The fourth-order valence-electron chi connectivity index (χ4n) is 3.58. The minimum atomic E-state index is 0.690. The van der Waals surface area contributed by atoms with Crippen molar-refractivity contribution in [1.29, 1.82) is 0 Å². The zero-order valence-electron chi connectivity index (χ0n) is 17.8. The van der Waals surface area contributed by atoms with Crippen LogP contribution in [-0.2, 0) is 6.42 Å². The lowest BCUT2D eigenvalue weighted by Crippen LogP contribution is -2.11. The third-order valence-corrected chi connectivity index (χ3v) is 5.14. The summed E-state index contributed by atoms with van der Waals surface area (Å²) in [5.41, 5.74) is 3.69. The summed E-state index contributed by atoms with van der Waals surface area (Å²) in [4.78, 5) is 9.12. The molecule has 0 unspecified atom stereocenters. The van der Waals surface area contributed by atoms with Gasteiger partial charge in [0.15, 0.2) is 11.5 Å². The third-order valence-electron chi connectivity index (χ3n) is 5.14. The standard InChI is InChI=1S/C23H32N4O2/c1-17-15-22(24-13-12-19-9-10-20(28-2)21(16-19)29-3)27-23(26-17)25-14-11-18-7-5-4-6-8-18/h7,9-10,15-16H,4-6,8,11-14H2,1-3H3,(H2,24,25,26,27). The van der Waals surface area contributed by atoms with Crippen molar-refractivity contribution in [3.8, 4) is 11.5 Å². The molecule has 1 aromatic heterocycles. The highest BCUT2D eigenvalue weighted by molar-refractivity contribution is 5.44. The molecule has 0 bridgehead atoms. The predicted octanol–water partition coefficient (Wildman–Crippen LogP) is 4.76. The maximum Gasteiger partial charge on any atom is 0.224 e. The van der Waals surface area contributed by atoms with E-state index in [-0.39, 0.29) is 0 Å². The summed E-state index contributed by atoms with van der Waals surface area (Å²) in [6.45, 7) is 3.65. The highest BCUT2D eigenvalue weighted by Crippen LogP contribution is 2.27. The number of aromatic nitrogens is 2. The van der Waals surface area contributed by atoms with Gasteiger partial charge < -0.3 is 20.1 Å². The number of anilines is 2. The number of ether oxygens (including phenoxy) is 2. The van der Waals surface area contributed by atoms with Crippen LogP contribution in [0.1, 0.15) is 43.4 Å². The first-order valence-corrected chi connectivity index (χ1v) is 10.4. The van der Waals surface area contributed by atoms with Crippen molar-refractivity contribution in [2.75, 3.05) is 37.9 Å². The quantitative estimate of drug-likeness (QED) is 0.565. The number of nitrogens with one attached hydrogen (secondary N) is 2. The van der Waals surface area contributed by atoms with Gasteiger partial charge in [-0.1, -0.05) is 17.7 Å². The minimum Gasteiger partial charge on any atom is -0.493 e. The third kappa shape index (κ3) is 6.38. The molecule has 1 aromatic carbocycles. The lowest BCUT2D eigenvalue weighted by atomic mass is 9.97. The molecule has 0 spiro atoms. The Morgan fingerprint density at radius 2 is 1.76 bits per heavy atom. The lowest BCUT2D eigenvalue weighted by molar-refractivity contribution is 0.354. The van der Waals surface area contributed by atoms with Crippen molar-refractivity contribution in [1.82, 2.24) is 9.97 Å². The summed E-state index contributed by atoms with van der Waals surface area (Å²) in [6, 6.07) is 7.98. The summed E-state index contributed by atoms with van der Waals surface area (Å²) in [5.74, 6) is 3.03. The van der Waals surface area contributed by atoms with Crippen LogP contribution < -0.4 is 20.1 Å². The summed E-state index contributed by atoms with van der Waals surface area (Å²) in [6.07, 6.45) is 9.43. The van der Waals surface area contributed by atoms with Crippen molar-refractivity contribution in [3.63, 3.8) is 0 Å². The van der Waals surface area contributed by atoms with Gasteiger partial charge in [-0.05, 0) is 63.1 Å². The molecule has 0 fully saturated rings.